The van der Waals surface area contributed by atoms with E-state index in [1.807, 2.05) is 0 Å². The summed E-state index contributed by atoms with van der Waals surface area (Å²) < 4.78 is 5.04. The van der Waals surface area contributed by atoms with Crippen molar-refractivity contribution in [3.63, 3.8) is 0 Å². The second-order valence-corrected chi connectivity index (χ2v) is 5.17. The molecule has 0 radical (unpaired) electrons. The van der Waals surface area contributed by atoms with Gasteiger partial charge in [0.25, 0.3) is 0 Å². The highest BCUT2D eigenvalue weighted by Gasteiger charge is 1.99. The Morgan fingerprint density at radius 3 is 2.59 bits per heavy atom. The summed E-state index contributed by atoms with van der Waals surface area (Å²) in [6, 6.07) is 8.56. The predicted molar refractivity (Wildman–Crippen MR) is 104 cm³/mol. The molecule has 22 heavy (non-hydrogen) atoms. The first kappa shape index (κ1) is 21.1. The Bertz CT molecular complexity index is 438. The van der Waals surface area contributed by atoms with E-state index >= 15 is 0 Å². The van der Waals surface area contributed by atoms with Gasteiger partial charge in [-0.1, -0.05) is 24.3 Å². The number of aliphatic imine (C=N–C) groups is 1. The Hall–Kier alpha value is -0.860. The molecule has 0 aromatic heterocycles. The molecule has 6 heteroatoms. The molecule has 0 atom stereocenters. The number of nitrogens with zero attached hydrogens (tertiary/aromatic N) is 2. The van der Waals surface area contributed by atoms with E-state index in [1.54, 1.807) is 7.11 Å². The number of nitrogens with one attached hydrogen (secondary N) is 2. The molecule has 0 aliphatic carbocycles. The van der Waals surface area contributed by atoms with Crippen molar-refractivity contribution in [1.29, 1.82) is 0 Å². The van der Waals surface area contributed by atoms with Gasteiger partial charge in [-0.15, -0.1) is 24.0 Å². The van der Waals surface area contributed by atoms with Gasteiger partial charge in [0, 0.05) is 26.7 Å². The van der Waals surface area contributed by atoms with Gasteiger partial charge in [-0.2, -0.15) is 0 Å². The van der Waals surface area contributed by atoms with Crippen molar-refractivity contribution in [2.45, 2.75) is 20.0 Å². The quantitative estimate of drug-likeness (QED) is 0.293. The standard InChI is InChI=1S/C16H28N4O.HI/c1-5-17-16(18-9-10-21-4)19-12-14-7-6-8-15(11-14)13-20(2)3;/h6-8,11H,5,9-10,12-13H2,1-4H3,(H2,17,18,19);1H. The molecule has 1 aromatic rings. The van der Waals surface area contributed by atoms with E-state index in [-0.39, 0.29) is 24.0 Å². The largest absolute Gasteiger partial charge is 0.383 e. The van der Waals surface area contributed by atoms with E-state index < -0.39 is 0 Å². The number of hydrogen-bond donors (Lipinski definition) is 2. The van der Waals surface area contributed by atoms with Crippen LogP contribution in [-0.4, -0.2) is 51.8 Å². The summed E-state index contributed by atoms with van der Waals surface area (Å²) in [6.07, 6.45) is 0. The zero-order valence-electron chi connectivity index (χ0n) is 14.1. The van der Waals surface area contributed by atoms with Crippen molar-refractivity contribution in [3.8, 4) is 0 Å². The van der Waals surface area contributed by atoms with Gasteiger partial charge in [0.15, 0.2) is 5.96 Å². The first-order valence-corrected chi connectivity index (χ1v) is 7.39. The SMILES string of the molecule is CCNC(=NCc1cccc(CN(C)C)c1)NCCOC.I. The van der Waals surface area contributed by atoms with Gasteiger partial charge in [0.05, 0.1) is 13.2 Å². The van der Waals surface area contributed by atoms with Crippen LogP contribution in [0.2, 0.25) is 0 Å². The molecular weight excluding hydrogens is 391 g/mol. The summed E-state index contributed by atoms with van der Waals surface area (Å²) in [5.41, 5.74) is 2.53. The summed E-state index contributed by atoms with van der Waals surface area (Å²) in [7, 11) is 5.85. The number of ether oxygens (including phenoxy) is 1. The van der Waals surface area contributed by atoms with Crippen molar-refractivity contribution in [3.05, 3.63) is 35.4 Å². The summed E-state index contributed by atoms with van der Waals surface area (Å²) in [4.78, 5) is 6.77. The number of halogens is 1. The third-order valence-corrected chi connectivity index (χ3v) is 2.85. The molecule has 0 bridgehead atoms. The summed E-state index contributed by atoms with van der Waals surface area (Å²) in [5.74, 6) is 0.826. The maximum Gasteiger partial charge on any atom is 0.191 e. The monoisotopic (exact) mass is 420 g/mol. The van der Waals surface area contributed by atoms with Gasteiger partial charge in [0.1, 0.15) is 0 Å². The third-order valence-electron chi connectivity index (χ3n) is 2.85. The minimum absolute atomic E-state index is 0. The Balaban J connectivity index is 0.00000441. The second kappa shape index (κ2) is 12.7. The second-order valence-electron chi connectivity index (χ2n) is 5.17. The van der Waals surface area contributed by atoms with Gasteiger partial charge >= 0.3 is 0 Å². The first-order valence-electron chi connectivity index (χ1n) is 7.39. The fourth-order valence-electron chi connectivity index (χ4n) is 1.98. The van der Waals surface area contributed by atoms with Gasteiger partial charge in [-0.3, -0.25) is 0 Å². The molecule has 0 aliphatic heterocycles. The van der Waals surface area contributed by atoms with Crippen molar-refractivity contribution in [2.24, 2.45) is 4.99 Å². The Morgan fingerprint density at radius 2 is 1.95 bits per heavy atom. The maximum absolute atomic E-state index is 5.04. The molecule has 0 spiro atoms. The molecule has 0 fully saturated rings. The van der Waals surface area contributed by atoms with Crippen molar-refractivity contribution < 1.29 is 4.74 Å². The fourth-order valence-corrected chi connectivity index (χ4v) is 1.98. The highest BCUT2D eigenvalue weighted by molar-refractivity contribution is 14.0. The third kappa shape index (κ3) is 9.22. The van der Waals surface area contributed by atoms with Crippen LogP contribution in [0.5, 0.6) is 0 Å². The minimum Gasteiger partial charge on any atom is -0.383 e. The molecule has 126 valence electrons. The van der Waals surface area contributed by atoms with E-state index in [4.69, 9.17) is 4.74 Å². The predicted octanol–water partition coefficient (Wildman–Crippen LogP) is 2.07. The highest BCUT2D eigenvalue weighted by Crippen LogP contribution is 2.08. The zero-order chi connectivity index (χ0) is 15.5. The van der Waals surface area contributed by atoms with Crippen LogP contribution in [-0.2, 0) is 17.8 Å². The summed E-state index contributed by atoms with van der Waals surface area (Å²) in [5, 5.41) is 6.48. The average Bonchev–Trinajstić information content (AvgIpc) is 2.44. The number of guanidine groups is 1. The Kier molecular flexibility index (Phi) is 12.2. The molecule has 5 nitrogen and oxygen atoms in total. The lowest BCUT2D eigenvalue weighted by atomic mass is 10.1. The molecule has 1 rings (SSSR count). The molecule has 0 heterocycles. The average molecular weight is 420 g/mol. The number of methoxy groups -OCH3 is 1. The maximum atomic E-state index is 5.04. The van der Waals surface area contributed by atoms with Gasteiger partial charge in [-0.05, 0) is 32.1 Å². The van der Waals surface area contributed by atoms with Crippen molar-refractivity contribution in [1.82, 2.24) is 15.5 Å². The minimum atomic E-state index is 0. The summed E-state index contributed by atoms with van der Waals surface area (Å²) >= 11 is 0. The molecule has 0 saturated heterocycles. The zero-order valence-corrected chi connectivity index (χ0v) is 16.4. The van der Waals surface area contributed by atoms with E-state index in [1.165, 1.54) is 11.1 Å². The van der Waals surface area contributed by atoms with Crippen LogP contribution in [0.3, 0.4) is 0 Å². The molecule has 0 unspecified atom stereocenters. The lowest BCUT2D eigenvalue weighted by molar-refractivity contribution is 0.203. The van der Waals surface area contributed by atoms with Crippen LogP contribution in [0, 0.1) is 0 Å². The summed E-state index contributed by atoms with van der Waals surface area (Å²) in [6.45, 7) is 5.95. The van der Waals surface area contributed by atoms with E-state index in [9.17, 15) is 0 Å². The smallest absolute Gasteiger partial charge is 0.191 e. The van der Waals surface area contributed by atoms with Gasteiger partial charge in [-0.25, -0.2) is 4.99 Å². The topological polar surface area (TPSA) is 48.9 Å². The lowest BCUT2D eigenvalue weighted by Crippen LogP contribution is -2.38. The lowest BCUT2D eigenvalue weighted by Gasteiger charge is -2.12. The number of hydrogen-bond acceptors (Lipinski definition) is 3. The van der Waals surface area contributed by atoms with Gasteiger partial charge in [0.2, 0.25) is 0 Å². The molecule has 2 N–H and O–H groups in total. The number of benzene rings is 1. The molecule has 0 amide bonds. The first-order chi connectivity index (χ1) is 10.2. The van der Waals surface area contributed by atoms with Crippen LogP contribution >= 0.6 is 24.0 Å². The van der Waals surface area contributed by atoms with Crippen LogP contribution in [0.4, 0.5) is 0 Å². The normalized spacial score (nSPS) is 11.2. The van der Waals surface area contributed by atoms with Crippen LogP contribution in [0.15, 0.2) is 29.3 Å². The van der Waals surface area contributed by atoms with Crippen LogP contribution in [0.1, 0.15) is 18.1 Å². The van der Waals surface area contributed by atoms with Crippen molar-refractivity contribution >= 4 is 29.9 Å². The van der Waals surface area contributed by atoms with Crippen LogP contribution in [0.25, 0.3) is 0 Å². The van der Waals surface area contributed by atoms with Crippen molar-refractivity contribution in [2.75, 3.05) is 40.9 Å². The van der Waals surface area contributed by atoms with E-state index in [0.717, 1.165) is 25.6 Å². The number of rotatable bonds is 8. The fraction of sp³-hybridized carbons (Fsp3) is 0.562. The molecule has 0 saturated carbocycles. The molecule has 1 aromatic carbocycles. The Labute approximate surface area is 151 Å². The van der Waals surface area contributed by atoms with Gasteiger partial charge < -0.3 is 20.3 Å². The Morgan fingerprint density at radius 1 is 1.23 bits per heavy atom. The van der Waals surface area contributed by atoms with E-state index in [0.29, 0.717) is 13.2 Å². The van der Waals surface area contributed by atoms with E-state index in [2.05, 4.69) is 65.8 Å². The molecule has 0 aliphatic rings. The van der Waals surface area contributed by atoms with Crippen LogP contribution < -0.4 is 10.6 Å². The molecular formula is C16H29IN4O. The highest BCUT2D eigenvalue weighted by atomic mass is 127.